The minimum atomic E-state index is -1.47. The molecule has 10 heteroatoms. The van der Waals surface area contributed by atoms with Crippen molar-refractivity contribution in [3.05, 3.63) is 109 Å². The van der Waals surface area contributed by atoms with Gasteiger partial charge in [-0.15, -0.1) is 0 Å². The molecule has 0 aliphatic heterocycles. The highest BCUT2D eigenvalue weighted by molar-refractivity contribution is 5.89. The molecule has 228 valence electrons. The van der Waals surface area contributed by atoms with Crippen LogP contribution in [0.2, 0.25) is 0 Å². The van der Waals surface area contributed by atoms with Gasteiger partial charge in [0.1, 0.15) is 11.5 Å². The quantitative estimate of drug-likeness (QED) is 0.114. The lowest BCUT2D eigenvalue weighted by molar-refractivity contribution is -0.192. The van der Waals surface area contributed by atoms with Crippen molar-refractivity contribution in [2.75, 3.05) is 0 Å². The first-order chi connectivity index (χ1) is 20.2. The molecule has 0 aliphatic rings. The van der Waals surface area contributed by atoms with Crippen molar-refractivity contribution in [3.8, 4) is 11.5 Å². The zero-order valence-corrected chi connectivity index (χ0v) is 24.9. The van der Waals surface area contributed by atoms with Gasteiger partial charge in [-0.05, 0) is 56.2 Å². The Morgan fingerprint density at radius 3 is 1.26 bits per heavy atom. The van der Waals surface area contributed by atoms with Crippen LogP contribution in [0.1, 0.15) is 45.7 Å². The number of hydrogen-bond donors (Lipinski definition) is 0. The number of carbonyl (C=O) groups is 4. The van der Waals surface area contributed by atoms with Crippen LogP contribution in [0.4, 0.5) is 0 Å². The molecule has 2 unspecified atom stereocenters. The van der Waals surface area contributed by atoms with Gasteiger partial charge in [0.05, 0.1) is 5.41 Å². The van der Waals surface area contributed by atoms with Crippen LogP contribution in [0.25, 0.3) is 0 Å². The van der Waals surface area contributed by atoms with E-state index in [9.17, 15) is 19.2 Å². The van der Waals surface area contributed by atoms with Gasteiger partial charge in [-0.3, -0.25) is 0 Å². The van der Waals surface area contributed by atoms with E-state index in [-0.39, 0.29) is 11.1 Å². The highest BCUT2D eigenvalue weighted by Gasteiger charge is 2.44. The van der Waals surface area contributed by atoms with Gasteiger partial charge < -0.3 is 28.4 Å². The first-order valence-corrected chi connectivity index (χ1v) is 13.1. The van der Waals surface area contributed by atoms with Crippen LogP contribution in [0.5, 0.6) is 11.5 Å². The molecule has 2 aromatic carbocycles. The van der Waals surface area contributed by atoms with Crippen molar-refractivity contribution < 1.29 is 47.6 Å². The van der Waals surface area contributed by atoms with Crippen LogP contribution in [-0.2, 0) is 43.5 Å². The average Bonchev–Trinajstić information content (AvgIpc) is 2.96. The predicted octanol–water partition coefficient (Wildman–Crippen LogP) is 5.47. The maximum Gasteiger partial charge on any atom is 0.336 e. The van der Waals surface area contributed by atoms with Crippen LogP contribution in [0, 0.1) is 0 Å². The van der Waals surface area contributed by atoms with E-state index >= 15 is 0 Å². The van der Waals surface area contributed by atoms with E-state index in [4.69, 9.17) is 28.4 Å². The summed E-state index contributed by atoms with van der Waals surface area (Å²) in [5, 5.41) is 0. The Bertz CT molecular complexity index is 1270. The summed E-state index contributed by atoms with van der Waals surface area (Å²) in [6.07, 6.45) is -1.22. The molecule has 0 bridgehead atoms. The lowest BCUT2D eigenvalue weighted by Gasteiger charge is -2.37. The Kier molecular flexibility index (Phi) is 12.1. The fraction of sp³-hybridized carbons (Fsp3) is 0.273. The van der Waals surface area contributed by atoms with Crippen LogP contribution in [0.3, 0.4) is 0 Å². The molecule has 0 radical (unpaired) electrons. The zero-order valence-electron chi connectivity index (χ0n) is 24.9. The molecule has 0 aromatic heterocycles. The number of ether oxygens (including phenoxy) is 6. The second-order valence-corrected chi connectivity index (χ2v) is 9.61. The molecule has 0 aliphatic carbocycles. The highest BCUT2D eigenvalue weighted by Crippen LogP contribution is 2.40. The minimum absolute atomic E-state index is 0.0948. The molecule has 2 atom stereocenters. The molecule has 0 N–H and O–H groups in total. The number of esters is 4. The van der Waals surface area contributed by atoms with Gasteiger partial charge in [0.15, 0.2) is 0 Å². The van der Waals surface area contributed by atoms with E-state index in [0.717, 1.165) is 12.2 Å². The Morgan fingerprint density at radius 2 is 0.977 bits per heavy atom. The molecule has 10 nitrogen and oxygen atoms in total. The smallest absolute Gasteiger partial charge is 0.336 e. The maximum absolute atomic E-state index is 12.7. The molecule has 0 heterocycles. The molecule has 0 fully saturated rings. The van der Waals surface area contributed by atoms with E-state index in [1.54, 1.807) is 69.3 Å². The summed E-state index contributed by atoms with van der Waals surface area (Å²) in [6, 6.07) is 13.2. The molecule has 0 amide bonds. The molecule has 2 rings (SSSR count). The highest BCUT2D eigenvalue weighted by atomic mass is 16.7. The van der Waals surface area contributed by atoms with Crippen LogP contribution in [0.15, 0.2) is 98.1 Å². The molecule has 43 heavy (non-hydrogen) atoms. The van der Waals surface area contributed by atoms with Gasteiger partial charge in [0, 0.05) is 37.1 Å². The van der Waals surface area contributed by atoms with E-state index in [1.165, 1.54) is 13.8 Å². The summed E-state index contributed by atoms with van der Waals surface area (Å²) < 4.78 is 32.8. The summed E-state index contributed by atoms with van der Waals surface area (Å²) in [4.78, 5) is 48.4. The van der Waals surface area contributed by atoms with Gasteiger partial charge >= 0.3 is 23.9 Å². The Hall–Kier alpha value is -5.12. The second kappa shape index (κ2) is 15.2. The largest absolute Gasteiger partial charge is 0.455 e. The molecular formula is C33H36O10. The maximum atomic E-state index is 12.7. The predicted molar refractivity (Wildman–Crippen MR) is 158 cm³/mol. The lowest BCUT2D eigenvalue weighted by Crippen LogP contribution is -2.44. The van der Waals surface area contributed by atoms with Crippen LogP contribution in [-0.4, -0.2) is 42.7 Å². The standard InChI is InChI=1S/C33H36O10/c1-10-28(34)40-22(7)38-26-16-12-24(13-17-26)33(9,32(42-30(36)20(3)4)43-31(37)21(5)6)25-14-18-27(19-15-25)39-23(8)41-29(35)11-2/h10-19,22-23,32H,1-3,5H2,4,6-9H3. The summed E-state index contributed by atoms with van der Waals surface area (Å²) in [5.41, 5.74) is 0.0163. The third kappa shape index (κ3) is 9.46. The minimum Gasteiger partial charge on any atom is -0.455 e. The Morgan fingerprint density at radius 1 is 0.651 bits per heavy atom. The summed E-state index contributed by atoms with van der Waals surface area (Å²) >= 11 is 0. The number of hydrogen-bond acceptors (Lipinski definition) is 10. The zero-order chi connectivity index (χ0) is 32.3. The molecular weight excluding hydrogens is 556 g/mol. The molecule has 0 saturated heterocycles. The summed E-state index contributed by atoms with van der Waals surface area (Å²) in [5.74, 6) is -2.09. The number of benzene rings is 2. The van der Waals surface area contributed by atoms with Crippen molar-refractivity contribution in [2.24, 2.45) is 0 Å². The topological polar surface area (TPSA) is 124 Å². The van der Waals surface area contributed by atoms with Gasteiger partial charge in [0.2, 0.25) is 12.6 Å². The van der Waals surface area contributed by atoms with E-state index < -0.39 is 48.2 Å². The summed E-state index contributed by atoms with van der Waals surface area (Å²) in [7, 11) is 0. The van der Waals surface area contributed by atoms with Crippen molar-refractivity contribution in [3.63, 3.8) is 0 Å². The fourth-order valence-corrected chi connectivity index (χ4v) is 3.71. The lowest BCUT2D eigenvalue weighted by atomic mass is 9.75. The number of carbonyl (C=O) groups excluding carboxylic acids is 4. The van der Waals surface area contributed by atoms with Gasteiger partial charge in [-0.2, -0.15) is 0 Å². The Balaban J connectivity index is 2.57. The first-order valence-electron chi connectivity index (χ1n) is 13.1. The van der Waals surface area contributed by atoms with E-state index in [2.05, 4.69) is 26.3 Å². The van der Waals surface area contributed by atoms with Crippen molar-refractivity contribution in [1.29, 1.82) is 0 Å². The number of rotatable bonds is 15. The Labute approximate surface area is 251 Å². The van der Waals surface area contributed by atoms with E-state index in [1.807, 2.05) is 0 Å². The third-order valence-corrected chi connectivity index (χ3v) is 6.01. The fourth-order valence-electron chi connectivity index (χ4n) is 3.71. The van der Waals surface area contributed by atoms with Crippen molar-refractivity contribution in [2.45, 2.75) is 58.9 Å². The van der Waals surface area contributed by atoms with Crippen LogP contribution < -0.4 is 9.47 Å². The van der Waals surface area contributed by atoms with Crippen molar-refractivity contribution in [1.82, 2.24) is 0 Å². The van der Waals surface area contributed by atoms with Gasteiger partial charge in [-0.1, -0.05) is 50.6 Å². The molecule has 2 aromatic rings. The molecule has 0 saturated carbocycles. The first kappa shape index (κ1) is 34.1. The third-order valence-electron chi connectivity index (χ3n) is 6.01. The van der Waals surface area contributed by atoms with E-state index in [0.29, 0.717) is 22.6 Å². The molecule has 0 spiro atoms. The van der Waals surface area contributed by atoms with Crippen LogP contribution >= 0.6 is 0 Å². The monoisotopic (exact) mass is 592 g/mol. The van der Waals surface area contributed by atoms with Gasteiger partial charge in [-0.25, -0.2) is 19.2 Å². The normalized spacial score (nSPS) is 13.3. The SMILES string of the molecule is C=CC(=O)OC(C)Oc1ccc(C(C)(c2ccc(OC(C)OC(=O)C=C)cc2)C(OC(=O)C(=C)C)OC(=O)C(=C)C)cc1. The second-order valence-electron chi connectivity index (χ2n) is 9.61. The summed E-state index contributed by atoms with van der Waals surface area (Å²) in [6.45, 7) is 21.7. The average molecular weight is 593 g/mol. The van der Waals surface area contributed by atoms with Crippen molar-refractivity contribution >= 4 is 23.9 Å². The van der Waals surface area contributed by atoms with Gasteiger partial charge in [0.25, 0.3) is 6.29 Å².